The highest BCUT2D eigenvalue weighted by atomic mass is 35.5. The summed E-state index contributed by atoms with van der Waals surface area (Å²) in [7, 11) is 4.06. The highest BCUT2D eigenvalue weighted by Crippen LogP contribution is 2.30. The first-order valence-electron chi connectivity index (χ1n) is 8.48. The molecule has 0 saturated heterocycles. The zero-order valence-corrected chi connectivity index (χ0v) is 16.9. The third-order valence-electron chi connectivity index (χ3n) is 4.04. The topological polar surface area (TPSA) is 49.6 Å². The maximum absolute atomic E-state index is 12.9. The first-order valence-corrected chi connectivity index (χ1v) is 9.29. The standard InChI is InChI=1S/C19H23N3O2S.ClH/c1-4-14-8-9-15-17(13-14)25-19(20-15)22(11-6-10-21(2)3)18(23)16-7-5-12-24-16;/h5,7-9,12-13H,4,6,10-11H2,1-3H3;1H. The van der Waals surface area contributed by atoms with Crippen LogP contribution in [-0.4, -0.2) is 43.0 Å². The lowest BCUT2D eigenvalue weighted by Crippen LogP contribution is -2.33. The molecule has 0 aliphatic rings. The molecule has 2 aromatic heterocycles. The summed E-state index contributed by atoms with van der Waals surface area (Å²) < 4.78 is 6.42. The zero-order chi connectivity index (χ0) is 17.8. The number of furan rings is 1. The van der Waals surface area contributed by atoms with Gasteiger partial charge in [0, 0.05) is 6.54 Å². The zero-order valence-electron chi connectivity index (χ0n) is 15.3. The van der Waals surface area contributed by atoms with Crippen molar-refractivity contribution in [1.82, 2.24) is 9.88 Å². The van der Waals surface area contributed by atoms with Crippen molar-refractivity contribution >= 4 is 45.0 Å². The largest absolute Gasteiger partial charge is 0.459 e. The van der Waals surface area contributed by atoms with Crippen molar-refractivity contribution < 1.29 is 9.21 Å². The molecule has 0 unspecified atom stereocenters. The SMILES string of the molecule is CCc1ccc2nc(N(CCCN(C)C)C(=O)c3ccco3)sc2c1.Cl. The number of hydrogen-bond acceptors (Lipinski definition) is 5. The second-order valence-corrected chi connectivity index (χ2v) is 7.25. The highest BCUT2D eigenvalue weighted by molar-refractivity contribution is 7.22. The Kier molecular flexibility index (Phi) is 7.20. The minimum atomic E-state index is -0.140. The molecule has 0 fully saturated rings. The average Bonchev–Trinajstić information content (AvgIpc) is 3.26. The minimum Gasteiger partial charge on any atom is -0.459 e. The summed E-state index contributed by atoms with van der Waals surface area (Å²) in [6.07, 6.45) is 3.38. The molecular formula is C19H24ClN3O2S. The van der Waals surface area contributed by atoms with Gasteiger partial charge in [-0.05, 0) is 63.3 Å². The van der Waals surface area contributed by atoms with Gasteiger partial charge in [-0.15, -0.1) is 12.4 Å². The Morgan fingerprint density at radius 1 is 1.23 bits per heavy atom. The molecule has 3 rings (SSSR count). The molecule has 0 spiro atoms. The Bertz CT molecular complexity index is 846. The van der Waals surface area contributed by atoms with Crippen LogP contribution in [0.15, 0.2) is 41.0 Å². The lowest BCUT2D eigenvalue weighted by molar-refractivity contribution is 0.0959. The van der Waals surface area contributed by atoms with E-state index >= 15 is 0 Å². The van der Waals surface area contributed by atoms with Gasteiger partial charge in [-0.1, -0.05) is 24.3 Å². The van der Waals surface area contributed by atoms with Gasteiger partial charge < -0.3 is 9.32 Å². The lowest BCUT2D eigenvalue weighted by atomic mass is 10.2. The van der Waals surface area contributed by atoms with Crippen molar-refractivity contribution in [3.63, 3.8) is 0 Å². The highest BCUT2D eigenvalue weighted by Gasteiger charge is 2.23. The van der Waals surface area contributed by atoms with E-state index in [4.69, 9.17) is 4.42 Å². The van der Waals surface area contributed by atoms with Gasteiger partial charge in [0.25, 0.3) is 5.91 Å². The minimum absolute atomic E-state index is 0. The van der Waals surface area contributed by atoms with Crippen LogP contribution in [-0.2, 0) is 6.42 Å². The van der Waals surface area contributed by atoms with Crippen LogP contribution in [0.4, 0.5) is 5.13 Å². The monoisotopic (exact) mass is 393 g/mol. The Morgan fingerprint density at radius 3 is 2.69 bits per heavy atom. The number of thiazole rings is 1. The van der Waals surface area contributed by atoms with Crippen LogP contribution in [0.3, 0.4) is 0 Å². The number of carbonyl (C=O) groups is 1. The first-order chi connectivity index (χ1) is 12.1. The summed E-state index contributed by atoms with van der Waals surface area (Å²) in [5.41, 5.74) is 2.21. The van der Waals surface area contributed by atoms with Crippen LogP contribution in [0.25, 0.3) is 10.2 Å². The van der Waals surface area contributed by atoms with Gasteiger partial charge in [0.05, 0.1) is 16.5 Å². The van der Waals surface area contributed by atoms with Crippen LogP contribution in [0.1, 0.15) is 29.5 Å². The van der Waals surface area contributed by atoms with Gasteiger partial charge in [0.15, 0.2) is 10.9 Å². The third-order valence-corrected chi connectivity index (χ3v) is 5.09. The van der Waals surface area contributed by atoms with Crippen molar-refractivity contribution in [3.05, 3.63) is 47.9 Å². The van der Waals surface area contributed by atoms with Crippen LogP contribution >= 0.6 is 23.7 Å². The summed E-state index contributed by atoms with van der Waals surface area (Å²) in [6.45, 7) is 3.65. The predicted octanol–water partition coefficient (Wildman–Crippen LogP) is 4.47. The first kappa shape index (κ1) is 20.4. The molecule has 2 heterocycles. The maximum Gasteiger partial charge on any atom is 0.295 e. The van der Waals surface area contributed by atoms with Crippen LogP contribution in [0, 0.1) is 0 Å². The Hall–Kier alpha value is -1.89. The number of nitrogens with zero attached hydrogens (tertiary/aromatic N) is 3. The van der Waals surface area contributed by atoms with Gasteiger partial charge in [0.2, 0.25) is 0 Å². The molecule has 0 bridgehead atoms. The lowest BCUT2D eigenvalue weighted by Gasteiger charge is -2.19. The van der Waals surface area contributed by atoms with E-state index in [-0.39, 0.29) is 18.3 Å². The van der Waals surface area contributed by atoms with E-state index in [0.717, 1.165) is 34.7 Å². The fourth-order valence-corrected chi connectivity index (χ4v) is 3.71. The summed E-state index contributed by atoms with van der Waals surface area (Å²) in [5.74, 6) is 0.205. The van der Waals surface area contributed by atoms with Crippen molar-refractivity contribution in [2.75, 3.05) is 32.1 Å². The molecule has 26 heavy (non-hydrogen) atoms. The average molecular weight is 394 g/mol. The quantitative estimate of drug-likeness (QED) is 0.594. The maximum atomic E-state index is 12.9. The van der Waals surface area contributed by atoms with Crippen molar-refractivity contribution in [3.8, 4) is 0 Å². The van der Waals surface area contributed by atoms with Gasteiger partial charge in [-0.2, -0.15) is 0 Å². The predicted molar refractivity (Wildman–Crippen MR) is 110 cm³/mol. The van der Waals surface area contributed by atoms with Gasteiger partial charge >= 0.3 is 0 Å². The Balaban J connectivity index is 0.00000243. The molecule has 3 aromatic rings. The Morgan fingerprint density at radius 2 is 2.04 bits per heavy atom. The molecule has 0 radical (unpaired) electrons. The molecule has 1 aromatic carbocycles. The number of carbonyl (C=O) groups excluding carboxylic acids is 1. The molecule has 1 amide bonds. The molecule has 0 aliphatic heterocycles. The summed E-state index contributed by atoms with van der Waals surface area (Å²) in [5, 5.41) is 0.725. The van der Waals surface area contributed by atoms with E-state index < -0.39 is 0 Å². The Labute approximate surface area is 164 Å². The number of amides is 1. The van der Waals surface area contributed by atoms with Crippen LogP contribution in [0.2, 0.25) is 0 Å². The fourth-order valence-electron chi connectivity index (χ4n) is 2.65. The molecule has 0 N–H and O–H groups in total. The van der Waals surface area contributed by atoms with Crippen molar-refractivity contribution in [2.24, 2.45) is 0 Å². The number of rotatable bonds is 7. The number of anilines is 1. The number of fused-ring (bicyclic) bond motifs is 1. The van der Waals surface area contributed by atoms with Gasteiger partial charge in [0.1, 0.15) is 0 Å². The molecule has 5 nitrogen and oxygen atoms in total. The van der Waals surface area contributed by atoms with Crippen molar-refractivity contribution in [2.45, 2.75) is 19.8 Å². The summed E-state index contributed by atoms with van der Waals surface area (Å²) in [4.78, 5) is 21.4. The number of hydrogen-bond donors (Lipinski definition) is 0. The summed E-state index contributed by atoms with van der Waals surface area (Å²) in [6, 6.07) is 9.72. The van der Waals surface area contributed by atoms with E-state index in [1.807, 2.05) is 20.2 Å². The van der Waals surface area contributed by atoms with E-state index in [2.05, 4.69) is 28.9 Å². The van der Waals surface area contributed by atoms with Gasteiger partial charge in [-0.25, -0.2) is 4.98 Å². The molecule has 140 valence electrons. The van der Waals surface area contributed by atoms with Gasteiger partial charge in [-0.3, -0.25) is 9.69 Å². The van der Waals surface area contributed by atoms with Crippen molar-refractivity contribution in [1.29, 1.82) is 0 Å². The third kappa shape index (κ3) is 4.63. The second-order valence-electron chi connectivity index (χ2n) is 6.24. The molecule has 0 saturated carbocycles. The number of benzene rings is 1. The second kappa shape index (κ2) is 9.16. The molecule has 0 atom stereocenters. The van der Waals surface area contributed by atoms with E-state index in [0.29, 0.717) is 12.3 Å². The molecule has 0 aliphatic carbocycles. The molecule has 7 heteroatoms. The fraction of sp³-hybridized carbons (Fsp3) is 0.368. The van der Waals surface area contributed by atoms with E-state index in [1.54, 1.807) is 28.4 Å². The summed E-state index contributed by atoms with van der Waals surface area (Å²) >= 11 is 1.56. The number of halogens is 1. The molecular weight excluding hydrogens is 370 g/mol. The number of aryl methyl sites for hydroxylation is 1. The number of aromatic nitrogens is 1. The van der Waals surface area contributed by atoms with Crippen LogP contribution < -0.4 is 4.90 Å². The van der Waals surface area contributed by atoms with Crippen LogP contribution in [0.5, 0.6) is 0 Å². The smallest absolute Gasteiger partial charge is 0.295 e. The van der Waals surface area contributed by atoms with E-state index in [1.165, 1.54) is 11.8 Å². The normalized spacial score (nSPS) is 10.9. The van der Waals surface area contributed by atoms with E-state index in [9.17, 15) is 4.79 Å².